The monoisotopic (exact) mass is 333 g/mol. The van der Waals surface area contributed by atoms with Gasteiger partial charge in [-0.3, -0.25) is 4.79 Å². The van der Waals surface area contributed by atoms with Gasteiger partial charge in [-0.05, 0) is 30.3 Å². The molecule has 112 valence electrons. The van der Waals surface area contributed by atoms with Crippen LogP contribution in [0.1, 0.15) is 12.0 Å². The zero-order valence-electron chi connectivity index (χ0n) is 11.6. The molecule has 0 aliphatic heterocycles. The summed E-state index contributed by atoms with van der Waals surface area (Å²) >= 11 is 11.8. The van der Waals surface area contributed by atoms with Gasteiger partial charge < -0.3 is 10.6 Å². The third-order valence-corrected chi connectivity index (χ3v) is 3.30. The lowest BCUT2D eigenvalue weighted by atomic mass is 10.2. The molecule has 2 rings (SSSR count). The molecule has 0 bridgehead atoms. The van der Waals surface area contributed by atoms with Crippen LogP contribution in [0.5, 0.6) is 0 Å². The maximum atomic E-state index is 11.9. The van der Waals surface area contributed by atoms with E-state index in [0.29, 0.717) is 27.8 Å². The average Bonchev–Trinajstić information content (AvgIpc) is 2.46. The fourth-order valence-electron chi connectivity index (χ4n) is 1.88. The molecule has 2 aromatic rings. The molecule has 0 atom stereocenters. The fraction of sp³-hybridized carbons (Fsp3) is 0.125. The van der Waals surface area contributed by atoms with Crippen molar-refractivity contribution in [2.24, 2.45) is 0 Å². The molecule has 0 aliphatic rings. The topological polar surface area (TPSA) is 64.9 Å². The predicted octanol–water partition coefficient (Wildman–Crippen LogP) is 4.31. The van der Waals surface area contributed by atoms with Gasteiger partial charge in [0.05, 0.1) is 11.3 Å². The molecule has 2 aromatic carbocycles. The van der Waals surface area contributed by atoms with Gasteiger partial charge in [-0.2, -0.15) is 5.26 Å². The molecule has 0 aliphatic carbocycles. The number of amides is 1. The first-order valence-corrected chi connectivity index (χ1v) is 7.33. The third kappa shape index (κ3) is 4.66. The first-order valence-electron chi connectivity index (χ1n) is 6.57. The van der Waals surface area contributed by atoms with E-state index >= 15 is 0 Å². The second-order valence-corrected chi connectivity index (χ2v) is 5.41. The normalized spacial score (nSPS) is 9.86. The SMILES string of the molecule is N#Cc1ccccc1NC(=O)CCNc1cc(Cl)cc(Cl)c1. The highest BCUT2D eigenvalue weighted by atomic mass is 35.5. The molecular weight excluding hydrogens is 321 g/mol. The molecule has 2 N–H and O–H groups in total. The lowest BCUT2D eigenvalue weighted by molar-refractivity contribution is -0.115. The van der Waals surface area contributed by atoms with Crippen molar-refractivity contribution in [2.75, 3.05) is 17.2 Å². The minimum atomic E-state index is -0.177. The Balaban J connectivity index is 1.87. The first-order chi connectivity index (χ1) is 10.6. The van der Waals surface area contributed by atoms with E-state index in [1.54, 1.807) is 42.5 Å². The Kier molecular flexibility index (Phi) is 5.65. The van der Waals surface area contributed by atoms with E-state index in [1.165, 1.54) is 0 Å². The summed E-state index contributed by atoms with van der Waals surface area (Å²) in [6, 6.07) is 14.0. The van der Waals surface area contributed by atoms with E-state index in [2.05, 4.69) is 10.6 Å². The number of nitrogens with one attached hydrogen (secondary N) is 2. The second-order valence-electron chi connectivity index (χ2n) is 4.54. The summed E-state index contributed by atoms with van der Waals surface area (Å²) in [7, 11) is 0. The first kappa shape index (κ1) is 16.2. The number of carbonyl (C=O) groups excluding carboxylic acids is 1. The van der Waals surface area contributed by atoms with Gasteiger partial charge in [0.25, 0.3) is 0 Å². The lowest BCUT2D eigenvalue weighted by Gasteiger charge is -2.09. The number of nitrogens with zero attached hydrogens (tertiary/aromatic N) is 1. The van der Waals surface area contributed by atoms with Crippen molar-refractivity contribution in [1.29, 1.82) is 5.26 Å². The summed E-state index contributed by atoms with van der Waals surface area (Å²) in [5.41, 5.74) is 1.70. The summed E-state index contributed by atoms with van der Waals surface area (Å²) < 4.78 is 0. The van der Waals surface area contributed by atoms with Gasteiger partial charge in [0.15, 0.2) is 0 Å². The van der Waals surface area contributed by atoms with Crippen LogP contribution in [0.2, 0.25) is 10.0 Å². The summed E-state index contributed by atoms with van der Waals surface area (Å²) in [5, 5.41) is 15.8. The average molecular weight is 334 g/mol. The van der Waals surface area contributed by atoms with Crippen molar-refractivity contribution in [3.8, 4) is 6.07 Å². The number of rotatable bonds is 5. The van der Waals surface area contributed by atoms with Crippen LogP contribution < -0.4 is 10.6 Å². The summed E-state index contributed by atoms with van der Waals surface area (Å²) in [4.78, 5) is 11.9. The molecule has 1 amide bonds. The maximum Gasteiger partial charge on any atom is 0.226 e. The van der Waals surface area contributed by atoms with Crippen molar-refractivity contribution in [3.63, 3.8) is 0 Å². The van der Waals surface area contributed by atoms with Crippen molar-refractivity contribution in [2.45, 2.75) is 6.42 Å². The smallest absolute Gasteiger partial charge is 0.226 e. The van der Waals surface area contributed by atoms with Gasteiger partial charge in [-0.1, -0.05) is 35.3 Å². The quantitative estimate of drug-likeness (QED) is 0.856. The Labute approximate surface area is 138 Å². The van der Waals surface area contributed by atoms with Gasteiger partial charge >= 0.3 is 0 Å². The predicted molar refractivity (Wildman–Crippen MR) is 89.4 cm³/mol. The lowest BCUT2D eigenvalue weighted by Crippen LogP contribution is -2.16. The van der Waals surface area contributed by atoms with Crippen LogP contribution in [0.15, 0.2) is 42.5 Å². The second kappa shape index (κ2) is 7.69. The molecule has 0 saturated carbocycles. The van der Waals surface area contributed by atoms with Gasteiger partial charge in [0, 0.05) is 28.7 Å². The number of benzene rings is 2. The van der Waals surface area contributed by atoms with E-state index < -0.39 is 0 Å². The van der Waals surface area contributed by atoms with Crippen LogP contribution in [-0.4, -0.2) is 12.5 Å². The van der Waals surface area contributed by atoms with Crippen LogP contribution in [0, 0.1) is 11.3 Å². The molecule has 0 heterocycles. The Morgan fingerprint density at radius 1 is 1.14 bits per heavy atom. The fourth-order valence-corrected chi connectivity index (χ4v) is 2.40. The van der Waals surface area contributed by atoms with Gasteiger partial charge in [0.1, 0.15) is 6.07 Å². The molecule has 4 nitrogen and oxygen atoms in total. The number of para-hydroxylation sites is 1. The molecule has 0 spiro atoms. The van der Waals surface area contributed by atoms with Crippen LogP contribution in [0.25, 0.3) is 0 Å². The Morgan fingerprint density at radius 3 is 2.50 bits per heavy atom. The number of hydrogen-bond donors (Lipinski definition) is 2. The minimum Gasteiger partial charge on any atom is -0.384 e. The molecule has 0 fully saturated rings. The van der Waals surface area contributed by atoms with Crippen LogP contribution in [-0.2, 0) is 4.79 Å². The molecular formula is C16H13Cl2N3O. The largest absolute Gasteiger partial charge is 0.384 e. The van der Waals surface area contributed by atoms with Crippen LogP contribution >= 0.6 is 23.2 Å². The van der Waals surface area contributed by atoms with Crippen molar-refractivity contribution >= 4 is 40.5 Å². The highest BCUT2D eigenvalue weighted by Crippen LogP contribution is 2.22. The van der Waals surface area contributed by atoms with Crippen molar-refractivity contribution in [1.82, 2.24) is 0 Å². The van der Waals surface area contributed by atoms with E-state index in [4.69, 9.17) is 28.5 Å². The number of nitriles is 1. The summed E-state index contributed by atoms with van der Waals surface area (Å²) in [6.07, 6.45) is 0.254. The zero-order valence-corrected chi connectivity index (χ0v) is 13.1. The van der Waals surface area contributed by atoms with Crippen molar-refractivity contribution < 1.29 is 4.79 Å². The summed E-state index contributed by atoms with van der Waals surface area (Å²) in [6.45, 7) is 0.428. The van der Waals surface area contributed by atoms with E-state index in [-0.39, 0.29) is 12.3 Å². The minimum absolute atomic E-state index is 0.177. The highest BCUT2D eigenvalue weighted by Gasteiger charge is 2.06. The van der Waals surface area contributed by atoms with Crippen molar-refractivity contribution in [3.05, 3.63) is 58.1 Å². The van der Waals surface area contributed by atoms with E-state index in [0.717, 1.165) is 5.69 Å². The Bertz CT molecular complexity index is 705. The number of carbonyl (C=O) groups is 1. The van der Waals surface area contributed by atoms with Crippen LogP contribution in [0.3, 0.4) is 0 Å². The number of hydrogen-bond acceptors (Lipinski definition) is 3. The van der Waals surface area contributed by atoms with E-state index in [9.17, 15) is 4.79 Å². The molecule has 22 heavy (non-hydrogen) atoms. The zero-order chi connectivity index (χ0) is 15.9. The number of halogens is 2. The Morgan fingerprint density at radius 2 is 1.82 bits per heavy atom. The number of anilines is 2. The standard InChI is InChI=1S/C16H13Cl2N3O/c17-12-7-13(18)9-14(8-12)20-6-5-16(22)21-15-4-2-1-3-11(15)10-19/h1-4,7-9,20H,5-6H2,(H,21,22). The Hall–Kier alpha value is -2.22. The maximum absolute atomic E-state index is 11.9. The molecule has 6 heteroatoms. The van der Waals surface area contributed by atoms with Crippen LogP contribution in [0.4, 0.5) is 11.4 Å². The molecule has 0 saturated heterocycles. The molecule has 0 unspecified atom stereocenters. The van der Waals surface area contributed by atoms with E-state index in [1.807, 2.05) is 6.07 Å². The molecule has 0 radical (unpaired) electrons. The third-order valence-electron chi connectivity index (χ3n) is 2.87. The van der Waals surface area contributed by atoms with Gasteiger partial charge in [0.2, 0.25) is 5.91 Å². The van der Waals surface area contributed by atoms with Gasteiger partial charge in [-0.15, -0.1) is 0 Å². The highest BCUT2D eigenvalue weighted by molar-refractivity contribution is 6.35. The van der Waals surface area contributed by atoms with Gasteiger partial charge in [-0.25, -0.2) is 0 Å². The molecule has 0 aromatic heterocycles. The summed E-state index contributed by atoms with van der Waals surface area (Å²) in [5.74, 6) is -0.177.